The van der Waals surface area contributed by atoms with Gasteiger partial charge in [-0.25, -0.2) is 25.9 Å². The highest BCUT2D eigenvalue weighted by Crippen LogP contribution is 2.21. The maximum atomic E-state index is 12.5. The number of piperidine rings is 1. The van der Waals surface area contributed by atoms with E-state index in [4.69, 9.17) is 4.74 Å². The van der Waals surface area contributed by atoms with Crippen LogP contribution >= 0.6 is 11.3 Å². The molecule has 1 unspecified atom stereocenters. The minimum absolute atomic E-state index is 0.0601. The molecule has 0 bridgehead atoms. The maximum absolute atomic E-state index is 12.5. The molecule has 142 valence electrons. The zero-order chi connectivity index (χ0) is 17.9. The molecular weight excluding hydrogens is 384 g/mol. The molecule has 1 atom stereocenters. The average molecular weight is 409 g/mol. The largest absolute Gasteiger partial charge is 0.378 e. The first-order valence-corrected chi connectivity index (χ1v) is 12.5. The standard InChI is InChI=1S/C15H24N2O5S3/c18-24(19,12-7-14-3-1-10-22-14)17-8-5-13(6-9-17)16-25(20,21)15-4-2-11-23-15/h2,4,11,13-14,16H,1,3,5-10,12H2. The van der Waals surface area contributed by atoms with E-state index < -0.39 is 20.0 Å². The van der Waals surface area contributed by atoms with E-state index >= 15 is 0 Å². The fourth-order valence-electron chi connectivity index (χ4n) is 3.23. The summed E-state index contributed by atoms with van der Waals surface area (Å²) >= 11 is 1.17. The van der Waals surface area contributed by atoms with Crippen LogP contribution in [-0.4, -0.2) is 58.7 Å². The van der Waals surface area contributed by atoms with Crippen molar-refractivity contribution in [1.29, 1.82) is 0 Å². The highest BCUT2D eigenvalue weighted by molar-refractivity contribution is 7.91. The van der Waals surface area contributed by atoms with Gasteiger partial charge in [0.05, 0.1) is 11.9 Å². The Labute approximate surface area is 153 Å². The number of nitrogens with zero attached hydrogens (tertiary/aromatic N) is 1. The lowest BCUT2D eigenvalue weighted by atomic mass is 10.1. The SMILES string of the molecule is O=S(=O)(NC1CCN(S(=O)(=O)CCC2CCCO2)CC1)c1cccs1. The molecule has 1 aromatic heterocycles. The number of sulfonamides is 2. The molecule has 7 nitrogen and oxygen atoms in total. The summed E-state index contributed by atoms with van der Waals surface area (Å²) < 4.78 is 59.3. The average Bonchev–Trinajstić information content (AvgIpc) is 3.27. The fraction of sp³-hybridized carbons (Fsp3) is 0.733. The van der Waals surface area contributed by atoms with Crippen LogP contribution in [0.1, 0.15) is 32.1 Å². The van der Waals surface area contributed by atoms with Gasteiger partial charge in [0, 0.05) is 25.7 Å². The lowest BCUT2D eigenvalue weighted by Crippen LogP contribution is -2.47. The van der Waals surface area contributed by atoms with Crippen LogP contribution in [0.5, 0.6) is 0 Å². The third-order valence-corrected chi connectivity index (χ3v) is 9.47. The smallest absolute Gasteiger partial charge is 0.250 e. The highest BCUT2D eigenvalue weighted by atomic mass is 32.2. The molecule has 2 aliphatic heterocycles. The zero-order valence-corrected chi connectivity index (χ0v) is 16.4. The van der Waals surface area contributed by atoms with E-state index in [9.17, 15) is 16.8 Å². The van der Waals surface area contributed by atoms with Crippen molar-refractivity contribution in [1.82, 2.24) is 9.03 Å². The van der Waals surface area contributed by atoms with Crippen molar-refractivity contribution in [2.45, 2.75) is 48.5 Å². The van der Waals surface area contributed by atoms with Gasteiger partial charge in [0.25, 0.3) is 0 Å². The van der Waals surface area contributed by atoms with Gasteiger partial charge in [-0.2, -0.15) is 0 Å². The van der Waals surface area contributed by atoms with Crippen molar-refractivity contribution in [3.8, 4) is 0 Å². The maximum Gasteiger partial charge on any atom is 0.250 e. The van der Waals surface area contributed by atoms with Gasteiger partial charge >= 0.3 is 0 Å². The van der Waals surface area contributed by atoms with Gasteiger partial charge in [0.1, 0.15) is 4.21 Å². The van der Waals surface area contributed by atoms with Crippen molar-refractivity contribution in [2.75, 3.05) is 25.4 Å². The van der Waals surface area contributed by atoms with E-state index in [1.165, 1.54) is 15.6 Å². The second-order valence-corrected chi connectivity index (χ2v) is 11.4. The van der Waals surface area contributed by atoms with E-state index in [1.54, 1.807) is 17.5 Å². The van der Waals surface area contributed by atoms with Crippen molar-refractivity contribution >= 4 is 31.4 Å². The Balaban J connectivity index is 1.49. The van der Waals surface area contributed by atoms with Crippen LogP contribution in [0.2, 0.25) is 0 Å². The molecule has 0 aliphatic carbocycles. The molecule has 1 N–H and O–H groups in total. The molecule has 1 aromatic rings. The van der Waals surface area contributed by atoms with Crippen LogP contribution in [0, 0.1) is 0 Å². The van der Waals surface area contributed by atoms with Gasteiger partial charge in [0.15, 0.2) is 0 Å². The molecule has 0 saturated carbocycles. The quantitative estimate of drug-likeness (QED) is 0.736. The van der Waals surface area contributed by atoms with Crippen LogP contribution in [0.4, 0.5) is 0 Å². The minimum Gasteiger partial charge on any atom is -0.378 e. The molecule has 2 aliphatic rings. The Bertz CT molecular complexity index is 747. The molecule has 10 heteroatoms. The molecule has 25 heavy (non-hydrogen) atoms. The summed E-state index contributed by atoms with van der Waals surface area (Å²) in [7, 11) is -6.81. The molecule has 2 fully saturated rings. The highest BCUT2D eigenvalue weighted by Gasteiger charge is 2.31. The molecule has 0 aromatic carbocycles. The molecular formula is C15H24N2O5S3. The summed E-state index contributed by atoms with van der Waals surface area (Å²) in [6.07, 6.45) is 3.51. The van der Waals surface area contributed by atoms with Crippen molar-refractivity contribution in [3.05, 3.63) is 17.5 Å². The Morgan fingerprint density at radius 2 is 1.96 bits per heavy atom. The normalized spacial score (nSPS) is 23.9. The van der Waals surface area contributed by atoms with Crippen molar-refractivity contribution in [2.24, 2.45) is 0 Å². The number of rotatable bonds is 7. The van der Waals surface area contributed by atoms with Gasteiger partial charge in [0.2, 0.25) is 20.0 Å². The van der Waals surface area contributed by atoms with Crippen molar-refractivity contribution < 1.29 is 21.6 Å². The first-order valence-electron chi connectivity index (χ1n) is 8.52. The van der Waals surface area contributed by atoms with Gasteiger partial charge < -0.3 is 4.74 Å². The van der Waals surface area contributed by atoms with Gasteiger partial charge in [-0.3, -0.25) is 0 Å². The Morgan fingerprint density at radius 3 is 2.56 bits per heavy atom. The number of hydrogen-bond acceptors (Lipinski definition) is 6. The van der Waals surface area contributed by atoms with E-state index in [2.05, 4.69) is 4.72 Å². The summed E-state index contributed by atoms with van der Waals surface area (Å²) in [6.45, 7) is 1.43. The topological polar surface area (TPSA) is 92.8 Å². The predicted molar refractivity (Wildman–Crippen MR) is 96.6 cm³/mol. The second-order valence-electron chi connectivity index (χ2n) is 6.47. The molecule has 3 heterocycles. The molecule has 0 radical (unpaired) electrons. The van der Waals surface area contributed by atoms with E-state index in [0.29, 0.717) is 36.6 Å². The number of hydrogen-bond donors (Lipinski definition) is 1. The monoisotopic (exact) mass is 408 g/mol. The van der Waals surface area contributed by atoms with Crippen LogP contribution < -0.4 is 4.72 Å². The predicted octanol–water partition coefficient (Wildman–Crippen LogP) is 1.39. The fourth-order valence-corrected chi connectivity index (χ4v) is 7.13. The Hall–Kier alpha value is -0.520. The van der Waals surface area contributed by atoms with Crippen LogP contribution in [0.15, 0.2) is 21.7 Å². The summed E-state index contributed by atoms with van der Waals surface area (Å²) in [5, 5.41) is 1.72. The first kappa shape index (κ1) is 19.2. The van der Waals surface area contributed by atoms with E-state index in [-0.39, 0.29) is 17.9 Å². The van der Waals surface area contributed by atoms with E-state index in [0.717, 1.165) is 19.4 Å². The summed E-state index contributed by atoms with van der Waals surface area (Å²) in [6, 6.07) is 3.04. The third-order valence-electron chi connectivity index (χ3n) is 4.65. The molecule has 0 amide bonds. The summed E-state index contributed by atoms with van der Waals surface area (Å²) in [4.78, 5) is 0. The van der Waals surface area contributed by atoms with Crippen LogP contribution in [-0.2, 0) is 24.8 Å². The minimum atomic E-state index is -3.51. The van der Waals surface area contributed by atoms with Gasteiger partial charge in [-0.1, -0.05) is 6.07 Å². The van der Waals surface area contributed by atoms with Crippen LogP contribution in [0.25, 0.3) is 0 Å². The molecule has 0 spiro atoms. The summed E-state index contributed by atoms with van der Waals surface area (Å²) in [5.41, 5.74) is 0. The number of nitrogens with one attached hydrogen (secondary N) is 1. The lowest BCUT2D eigenvalue weighted by molar-refractivity contribution is 0.108. The second kappa shape index (κ2) is 8.01. The van der Waals surface area contributed by atoms with Gasteiger partial charge in [-0.05, 0) is 43.6 Å². The van der Waals surface area contributed by atoms with E-state index in [1.807, 2.05) is 0 Å². The lowest BCUT2D eigenvalue weighted by Gasteiger charge is -2.31. The first-order chi connectivity index (χ1) is 11.9. The Morgan fingerprint density at radius 1 is 1.20 bits per heavy atom. The zero-order valence-electron chi connectivity index (χ0n) is 14.0. The number of ether oxygens (including phenoxy) is 1. The van der Waals surface area contributed by atoms with Gasteiger partial charge in [-0.15, -0.1) is 11.3 Å². The number of thiophene rings is 1. The summed E-state index contributed by atoms with van der Waals surface area (Å²) in [5.74, 6) is 0.100. The molecule has 3 rings (SSSR count). The molecule has 2 saturated heterocycles. The third kappa shape index (κ3) is 5.01. The van der Waals surface area contributed by atoms with Crippen LogP contribution in [0.3, 0.4) is 0 Å². The van der Waals surface area contributed by atoms with Crippen molar-refractivity contribution in [3.63, 3.8) is 0 Å². The Kier molecular flexibility index (Phi) is 6.17.